The minimum Gasteiger partial charge on any atom is -0.361 e. The number of rotatable bonds is 11. The Bertz CT molecular complexity index is 1750. The number of pyridine rings is 3. The van der Waals surface area contributed by atoms with Crippen LogP contribution in [0.25, 0.3) is 33.5 Å². The predicted octanol–water partition coefficient (Wildman–Crippen LogP) is 7.67. The van der Waals surface area contributed by atoms with Crippen LogP contribution in [0.2, 0.25) is 25.7 Å². The van der Waals surface area contributed by atoms with Crippen LogP contribution in [0.3, 0.4) is 0 Å². The Morgan fingerprint density at radius 1 is 1.00 bits per heavy atom. The summed E-state index contributed by atoms with van der Waals surface area (Å²) >= 11 is 0. The fourth-order valence-corrected chi connectivity index (χ4v) is 6.11. The summed E-state index contributed by atoms with van der Waals surface area (Å²) in [4.78, 5) is 27.0. The highest BCUT2D eigenvalue weighted by atomic mass is 28.3. The van der Waals surface area contributed by atoms with E-state index in [-0.39, 0.29) is 18.1 Å². The maximum absolute atomic E-state index is 13.3. The Hall–Kier alpha value is -4.21. The van der Waals surface area contributed by atoms with Gasteiger partial charge in [-0.05, 0) is 78.4 Å². The molecule has 1 saturated carbocycles. The summed E-state index contributed by atoms with van der Waals surface area (Å²) in [5, 5.41) is 2.93. The molecule has 6 rings (SSSR count). The number of carbonyl (C=O) groups excluding carboxylic acids is 1. The van der Waals surface area contributed by atoms with Crippen LogP contribution in [0.15, 0.2) is 79.3 Å². The van der Waals surface area contributed by atoms with Crippen molar-refractivity contribution in [1.29, 1.82) is 0 Å². The Morgan fingerprint density at radius 2 is 1.79 bits per heavy atom. The largest absolute Gasteiger partial charge is 0.361 e. The molecule has 1 aliphatic carbocycles. The van der Waals surface area contributed by atoms with Crippen molar-refractivity contribution < 1.29 is 13.9 Å². The second-order valence-electron chi connectivity index (χ2n) is 12.4. The molecule has 1 aliphatic rings. The molecule has 7 nitrogen and oxygen atoms in total. The van der Waals surface area contributed by atoms with Crippen LogP contribution < -0.4 is 5.32 Å². The quantitative estimate of drug-likeness (QED) is 0.126. The van der Waals surface area contributed by atoms with Crippen LogP contribution >= 0.6 is 0 Å². The van der Waals surface area contributed by atoms with Gasteiger partial charge < -0.3 is 14.6 Å². The minimum atomic E-state index is -1.27. The van der Waals surface area contributed by atoms with Crippen LogP contribution in [0.5, 0.6) is 0 Å². The molecule has 0 radical (unpaired) electrons. The Morgan fingerprint density at radius 3 is 2.51 bits per heavy atom. The van der Waals surface area contributed by atoms with E-state index in [0.29, 0.717) is 25.1 Å². The first-order valence-corrected chi connectivity index (χ1v) is 18.5. The zero-order valence-corrected chi connectivity index (χ0v) is 25.8. The molecule has 4 aromatic heterocycles. The number of fused-ring (bicyclic) bond motifs is 1. The van der Waals surface area contributed by atoms with Gasteiger partial charge >= 0.3 is 0 Å². The van der Waals surface area contributed by atoms with E-state index in [9.17, 15) is 9.18 Å². The van der Waals surface area contributed by atoms with Gasteiger partial charge in [-0.1, -0.05) is 37.8 Å². The third-order valence-electron chi connectivity index (χ3n) is 7.70. The Kier molecular flexibility index (Phi) is 8.18. The predicted molar refractivity (Wildman–Crippen MR) is 171 cm³/mol. The molecule has 1 amide bonds. The molecule has 4 heterocycles. The van der Waals surface area contributed by atoms with Crippen LogP contribution in [0.1, 0.15) is 29.9 Å². The SMILES string of the molecule is C[Si](C)(C)CCOCn1c(-c2ccnc(NC(=O)Cc3ccc(F)cc3)c2)c(-c2ccccn2)c2nccc(C3CC3)c21. The van der Waals surface area contributed by atoms with Crippen molar-refractivity contribution in [1.82, 2.24) is 19.5 Å². The Balaban J connectivity index is 1.43. The van der Waals surface area contributed by atoms with Crippen molar-refractivity contribution >= 4 is 30.8 Å². The van der Waals surface area contributed by atoms with E-state index in [0.717, 1.165) is 58.0 Å². The number of amides is 1. The molecular weight excluding hydrogens is 557 g/mol. The smallest absolute Gasteiger partial charge is 0.229 e. The fourth-order valence-electron chi connectivity index (χ4n) is 5.36. The molecule has 0 aliphatic heterocycles. The number of hydrogen-bond acceptors (Lipinski definition) is 5. The number of anilines is 1. The highest BCUT2D eigenvalue weighted by Crippen LogP contribution is 2.47. The molecule has 220 valence electrons. The van der Waals surface area contributed by atoms with Crippen LogP contribution in [-0.4, -0.2) is 40.1 Å². The lowest BCUT2D eigenvalue weighted by atomic mass is 10.0. The fraction of sp³-hybridized carbons (Fsp3) is 0.294. The Labute approximate surface area is 252 Å². The maximum Gasteiger partial charge on any atom is 0.229 e. The number of benzene rings is 1. The number of nitrogens with one attached hydrogen (secondary N) is 1. The molecule has 1 N–H and O–H groups in total. The average Bonchev–Trinajstić information content (AvgIpc) is 3.78. The maximum atomic E-state index is 13.3. The van der Waals surface area contributed by atoms with Crippen LogP contribution in [-0.2, 0) is 22.7 Å². The number of hydrogen-bond donors (Lipinski definition) is 1. The molecule has 0 atom stereocenters. The lowest BCUT2D eigenvalue weighted by molar-refractivity contribution is -0.115. The summed E-state index contributed by atoms with van der Waals surface area (Å²) in [6.07, 6.45) is 7.84. The van der Waals surface area contributed by atoms with Gasteiger partial charge in [-0.2, -0.15) is 0 Å². The standard InChI is InChI=1S/C34H36FN5O2Si/c1-43(2,3)19-18-42-22-40-33(25-13-16-37-29(21-25)39-30(41)20-23-7-11-26(35)12-8-23)31(28-6-4-5-15-36-28)32-34(40)27(14-17-38-32)24-9-10-24/h4-8,11-17,21,24H,9-10,18-20,22H2,1-3H3,(H,37,39,41). The normalized spacial score (nSPS) is 13.4. The lowest BCUT2D eigenvalue weighted by Gasteiger charge is -2.18. The molecule has 0 unspecified atom stereocenters. The average molecular weight is 594 g/mol. The number of carbonyl (C=O) groups is 1. The molecule has 9 heteroatoms. The first kappa shape index (κ1) is 28.9. The zero-order valence-electron chi connectivity index (χ0n) is 24.8. The van der Waals surface area contributed by atoms with E-state index < -0.39 is 8.07 Å². The molecule has 1 aromatic carbocycles. The van der Waals surface area contributed by atoms with E-state index in [2.05, 4.69) is 40.6 Å². The van der Waals surface area contributed by atoms with Crippen molar-refractivity contribution in [3.05, 3.63) is 96.2 Å². The van der Waals surface area contributed by atoms with Gasteiger partial charge in [0, 0.05) is 38.8 Å². The minimum absolute atomic E-state index is 0.116. The van der Waals surface area contributed by atoms with Crippen molar-refractivity contribution in [2.24, 2.45) is 0 Å². The van der Waals surface area contributed by atoms with Crippen LogP contribution in [0, 0.1) is 5.82 Å². The molecule has 0 spiro atoms. The van der Waals surface area contributed by atoms with E-state index in [1.165, 1.54) is 17.7 Å². The third kappa shape index (κ3) is 6.73. The molecular formula is C34H36FN5O2Si. The van der Waals surface area contributed by atoms with Gasteiger partial charge in [0.25, 0.3) is 0 Å². The van der Waals surface area contributed by atoms with E-state index in [1.807, 2.05) is 36.5 Å². The van der Waals surface area contributed by atoms with E-state index in [1.54, 1.807) is 24.5 Å². The van der Waals surface area contributed by atoms with Gasteiger partial charge in [-0.3, -0.25) is 14.8 Å². The number of ether oxygens (including phenoxy) is 1. The highest BCUT2D eigenvalue weighted by molar-refractivity contribution is 6.76. The number of halogens is 1. The zero-order chi connectivity index (χ0) is 30.0. The summed E-state index contributed by atoms with van der Waals surface area (Å²) < 4.78 is 22.0. The number of aromatic nitrogens is 4. The monoisotopic (exact) mass is 593 g/mol. The summed E-state index contributed by atoms with van der Waals surface area (Å²) in [5.41, 5.74) is 7.54. The molecule has 43 heavy (non-hydrogen) atoms. The molecule has 0 bridgehead atoms. The highest BCUT2D eigenvalue weighted by Gasteiger charge is 2.31. The van der Waals surface area contributed by atoms with E-state index in [4.69, 9.17) is 14.7 Å². The van der Waals surface area contributed by atoms with Crippen LogP contribution in [0.4, 0.5) is 10.2 Å². The lowest BCUT2D eigenvalue weighted by Crippen LogP contribution is -2.22. The van der Waals surface area contributed by atoms with Crippen molar-refractivity contribution in [2.75, 3.05) is 11.9 Å². The van der Waals surface area contributed by atoms with Gasteiger partial charge in [-0.25, -0.2) is 9.37 Å². The van der Waals surface area contributed by atoms with Crippen molar-refractivity contribution in [2.45, 2.75) is 57.6 Å². The topological polar surface area (TPSA) is 81.9 Å². The van der Waals surface area contributed by atoms with Crippen molar-refractivity contribution in [3.63, 3.8) is 0 Å². The second kappa shape index (κ2) is 12.2. The summed E-state index contributed by atoms with van der Waals surface area (Å²) in [5.74, 6) is 0.378. The summed E-state index contributed by atoms with van der Waals surface area (Å²) in [6, 6.07) is 18.9. The second-order valence-corrected chi connectivity index (χ2v) is 18.0. The summed E-state index contributed by atoms with van der Waals surface area (Å²) in [7, 11) is -1.27. The van der Waals surface area contributed by atoms with Gasteiger partial charge in [0.15, 0.2) is 0 Å². The van der Waals surface area contributed by atoms with Gasteiger partial charge in [0.05, 0.1) is 34.4 Å². The van der Waals surface area contributed by atoms with Gasteiger partial charge in [0.2, 0.25) is 5.91 Å². The first-order chi connectivity index (χ1) is 20.8. The number of nitrogens with zero attached hydrogens (tertiary/aromatic N) is 4. The van der Waals surface area contributed by atoms with Gasteiger partial charge in [0.1, 0.15) is 18.4 Å². The molecule has 1 fully saturated rings. The van der Waals surface area contributed by atoms with Gasteiger partial charge in [-0.15, -0.1) is 0 Å². The van der Waals surface area contributed by atoms with Crippen molar-refractivity contribution in [3.8, 4) is 22.5 Å². The summed E-state index contributed by atoms with van der Waals surface area (Å²) in [6.45, 7) is 8.12. The van der Waals surface area contributed by atoms with E-state index >= 15 is 0 Å². The molecule has 5 aromatic rings. The third-order valence-corrected chi connectivity index (χ3v) is 9.41. The molecule has 0 saturated heterocycles. The first-order valence-electron chi connectivity index (χ1n) is 14.8.